The number of β-amino-alcohol motifs (C(OH)–C–C–N with tert-alkyl or cyclic N) is 1. The Morgan fingerprint density at radius 3 is 2.69 bits per heavy atom. The molecule has 6 nitrogen and oxygen atoms in total. The van der Waals surface area contributed by atoms with Crippen LogP contribution in [0, 0.1) is 12.7 Å². The first-order valence-corrected chi connectivity index (χ1v) is 10.2. The number of halogens is 3. The van der Waals surface area contributed by atoms with Crippen molar-refractivity contribution in [2.45, 2.75) is 57.3 Å². The standard InChI is InChI=1S/C20H26ClF2N3O3/c1-12-6-13(18(23)8-17(12)21)9-24-20(29)26(14-2-3-14)15-7-16(27)11-25(10-15)19(28)4-5-22/h6,8,14-16,27H,2-5,7,9-11H2,1H3,(H,24,29). The molecular formula is C20H26ClF2N3O3. The zero-order valence-electron chi connectivity index (χ0n) is 16.3. The number of aliphatic hydroxyl groups is 1. The molecule has 1 aromatic carbocycles. The number of urea groups is 1. The number of alkyl halides is 1. The molecule has 2 atom stereocenters. The molecule has 1 aliphatic heterocycles. The quantitative estimate of drug-likeness (QED) is 0.730. The maximum atomic E-state index is 14.1. The van der Waals surface area contributed by atoms with Crippen LogP contribution < -0.4 is 5.32 Å². The molecule has 3 rings (SSSR count). The minimum atomic E-state index is -0.775. The van der Waals surface area contributed by atoms with E-state index >= 15 is 0 Å². The van der Waals surface area contributed by atoms with E-state index < -0.39 is 18.6 Å². The van der Waals surface area contributed by atoms with Crippen molar-refractivity contribution in [1.29, 1.82) is 0 Å². The van der Waals surface area contributed by atoms with Gasteiger partial charge in [-0.25, -0.2) is 9.18 Å². The van der Waals surface area contributed by atoms with Gasteiger partial charge >= 0.3 is 6.03 Å². The van der Waals surface area contributed by atoms with Gasteiger partial charge in [-0.2, -0.15) is 0 Å². The fourth-order valence-corrected chi connectivity index (χ4v) is 3.94. The minimum absolute atomic E-state index is 0.00562. The summed E-state index contributed by atoms with van der Waals surface area (Å²) >= 11 is 5.91. The summed E-state index contributed by atoms with van der Waals surface area (Å²) in [7, 11) is 0. The predicted molar refractivity (Wildman–Crippen MR) is 105 cm³/mol. The first-order valence-electron chi connectivity index (χ1n) is 9.82. The third-order valence-electron chi connectivity index (χ3n) is 5.39. The lowest BCUT2D eigenvalue weighted by atomic mass is 10.0. The van der Waals surface area contributed by atoms with Gasteiger partial charge in [0.25, 0.3) is 0 Å². The molecule has 1 aromatic rings. The normalized spacial score (nSPS) is 21.8. The molecule has 0 bridgehead atoms. The lowest BCUT2D eigenvalue weighted by Crippen LogP contribution is -2.58. The zero-order chi connectivity index (χ0) is 21.1. The number of carbonyl (C=O) groups excluding carboxylic acids is 2. The van der Waals surface area contributed by atoms with Crippen molar-refractivity contribution in [3.8, 4) is 0 Å². The number of nitrogens with zero attached hydrogens (tertiary/aromatic N) is 2. The van der Waals surface area contributed by atoms with Gasteiger partial charge in [-0.1, -0.05) is 11.6 Å². The molecule has 1 aliphatic carbocycles. The summed E-state index contributed by atoms with van der Waals surface area (Å²) in [5, 5.41) is 13.3. The number of likely N-dealkylation sites (tertiary alicyclic amines) is 1. The van der Waals surface area contributed by atoms with Gasteiger partial charge in [0, 0.05) is 36.3 Å². The van der Waals surface area contributed by atoms with E-state index in [2.05, 4.69) is 5.32 Å². The number of nitrogens with one attached hydrogen (secondary N) is 1. The summed E-state index contributed by atoms with van der Waals surface area (Å²) in [5.74, 6) is -0.860. The lowest BCUT2D eigenvalue weighted by Gasteiger charge is -2.41. The van der Waals surface area contributed by atoms with Crippen LogP contribution in [-0.4, -0.2) is 64.8 Å². The number of benzene rings is 1. The van der Waals surface area contributed by atoms with Crippen molar-refractivity contribution in [2.24, 2.45) is 0 Å². The lowest BCUT2D eigenvalue weighted by molar-refractivity contribution is -0.136. The summed E-state index contributed by atoms with van der Waals surface area (Å²) in [4.78, 5) is 28.0. The fourth-order valence-electron chi connectivity index (χ4n) is 3.79. The number of amides is 3. The second-order valence-electron chi connectivity index (χ2n) is 7.77. The van der Waals surface area contributed by atoms with Gasteiger partial charge in [0.05, 0.1) is 25.2 Å². The highest BCUT2D eigenvalue weighted by molar-refractivity contribution is 6.31. The van der Waals surface area contributed by atoms with Crippen LogP contribution in [0.1, 0.15) is 36.8 Å². The minimum Gasteiger partial charge on any atom is -0.391 e. The van der Waals surface area contributed by atoms with E-state index in [1.165, 1.54) is 11.0 Å². The highest BCUT2D eigenvalue weighted by Crippen LogP contribution is 2.32. The molecular weight excluding hydrogens is 404 g/mol. The Labute approximate surface area is 173 Å². The second kappa shape index (κ2) is 9.26. The van der Waals surface area contributed by atoms with Crippen LogP contribution in [0.4, 0.5) is 13.6 Å². The molecule has 0 radical (unpaired) electrons. The number of hydrogen-bond acceptors (Lipinski definition) is 3. The van der Waals surface area contributed by atoms with Gasteiger partial charge in [-0.15, -0.1) is 0 Å². The first kappa shape index (κ1) is 21.8. The Hall–Kier alpha value is -1.93. The van der Waals surface area contributed by atoms with E-state index in [0.717, 1.165) is 12.8 Å². The maximum absolute atomic E-state index is 14.1. The number of carbonyl (C=O) groups is 2. The number of hydrogen-bond donors (Lipinski definition) is 2. The van der Waals surface area contributed by atoms with E-state index in [9.17, 15) is 23.5 Å². The molecule has 0 spiro atoms. The molecule has 2 fully saturated rings. The Morgan fingerprint density at radius 1 is 1.31 bits per heavy atom. The molecule has 3 amide bonds. The second-order valence-corrected chi connectivity index (χ2v) is 8.18. The Morgan fingerprint density at radius 2 is 2.03 bits per heavy atom. The first-order chi connectivity index (χ1) is 13.8. The van der Waals surface area contributed by atoms with Crippen LogP contribution in [-0.2, 0) is 11.3 Å². The molecule has 2 unspecified atom stereocenters. The SMILES string of the molecule is Cc1cc(CNC(=O)N(C2CC2)C2CC(O)CN(C(=O)CCF)C2)c(F)cc1Cl. The molecule has 2 aliphatic rings. The van der Waals surface area contributed by atoms with Crippen LogP contribution in [0.2, 0.25) is 5.02 Å². The number of aryl methyl sites for hydroxylation is 1. The van der Waals surface area contributed by atoms with E-state index in [0.29, 0.717) is 22.6 Å². The van der Waals surface area contributed by atoms with Crippen molar-refractivity contribution in [3.63, 3.8) is 0 Å². The van der Waals surface area contributed by atoms with Gasteiger partial charge in [-0.3, -0.25) is 9.18 Å². The maximum Gasteiger partial charge on any atom is 0.318 e. The third kappa shape index (κ3) is 5.36. The van der Waals surface area contributed by atoms with E-state index in [4.69, 9.17) is 11.6 Å². The molecule has 9 heteroatoms. The van der Waals surface area contributed by atoms with Crippen LogP contribution in [0.5, 0.6) is 0 Å². The van der Waals surface area contributed by atoms with Crippen molar-refractivity contribution in [2.75, 3.05) is 19.8 Å². The Balaban J connectivity index is 1.68. The summed E-state index contributed by atoms with van der Waals surface area (Å²) in [6.07, 6.45) is 1.02. The number of piperidine rings is 1. The monoisotopic (exact) mass is 429 g/mol. The fraction of sp³-hybridized carbons (Fsp3) is 0.600. The van der Waals surface area contributed by atoms with Gasteiger partial charge in [0.15, 0.2) is 0 Å². The van der Waals surface area contributed by atoms with Crippen LogP contribution in [0.15, 0.2) is 12.1 Å². The summed E-state index contributed by atoms with van der Waals surface area (Å²) in [6.45, 7) is 1.41. The molecule has 1 saturated heterocycles. The smallest absolute Gasteiger partial charge is 0.318 e. The average Bonchev–Trinajstić information content (AvgIpc) is 3.48. The largest absolute Gasteiger partial charge is 0.391 e. The van der Waals surface area contributed by atoms with Crippen molar-refractivity contribution in [1.82, 2.24) is 15.1 Å². The highest BCUT2D eigenvalue weighted by Gasteiger charge is 2.41. The van der Waals surface area contributed by atoms with Gasteiger partial charge in [0.2, 0.25) is 5.91 Å². The number of aliphatic hydroxyl groups excluding tert-OH is 1. The van der Waals surface area contributed by atoms with Gasteiger partial charge < -0.3 is 20.2 Å². The van der Waals surface area contributed by atoms with Crippen LogP contribution in [0.3, 0.4) is 0 Å². The summed E-state index contributed by atoms with van der Waals surface area (Å²) in [6, 6.07) is 2.12. The van der Waals surface area contributed by atoms with Crippen molar-refractivity contribution < 1.29 is 23.5 Å². The Bertz CT molecular complexity index is 776. The van der Waals surface area contributed by atoms with E-state index in [1.807, 2.05) is 0 Å². The Kier molecular flexibility index (Phi) is 6.95. The summed E-state index contributed by atoms with van der Waals surface area (Å²) < 4.78 is 26.7. The molecule has 1 saturated carbocycles. The zero-order valence-corrected chi connectivity index (χ0v) is 17.1. The number of rotatable bonds is 6. The molecule has 160 valence electrons. The van der Waals surface area contributed by atoms with E-state index in [-0.39, 0.29) is 50.1 Å². The van der Waals surface area contributed by atoms with Crippen LogP contribution >= 0.6 is 11.6 Å². The predicted octanol–water partition coefficient (Wildman–Crippen LogP) is 2.78. The average molecular weight is 430 g/mol. The molecule has 1 heterocycles. The molecule has 29 heavy (non-hydrogen) atoms. The van der Waals surface area contributed by atoms with Gasteiger partial charge in [0.1, 0.15) is 5.82 Å². The van der Waals surface area contributed by atoms with Gasteiger partial charge in [-0.05, 0) is 43.9 Å². The third-order valence-corrected chi connectivity index (χ3v) is 5.80. The summed E-state index contributed by atoms with van der Waals surface area (Å²) in [5.41, 5.74) is 1.05. The van der Waals surface area contributed by atoms with Crippen molar-refractivity contribution >= 4 is 23.5 Å². The highest BCUT2D eigenvalue weighted by atomic mass is 35.5. The van der Waals surface area contributed by atoms with Crippen molar-refractivity contribution in [3.05, 3.63) is 34.1 Å². The molecule has 2 N–H and O–H groups in total. The van der Waals surface area contributed by atoms with E-state index in [1.54, 1.807) is 17.9 Å². The van der Waals surface area contributed by atoms with Crippen LogP contribution in [0.25, 0.3) is 0 Å². The topological polar surface area (TPSA) is 72.9 Å². The molecule has 0 aromatic heterocycles.